The summed E-state index contributed by atoms with van der Waals surface area (Å²) in [5, 5.41) is 0. The molecule has 0 spiro atoms. The lowest BCUT2D eigenvalue weighted by Crippen LogP contribution is -2.24. The monoisotopic (exact) mass is 295 g/mol. The summed E-state index contributed by atoms with van der Waals surface area (Å²) in [6, 6.07) is 4.35. The van der Waals surface area contributed by atoms with Crippen molar-refractivity contribution < 1.29 is 13.9 Å². The van der Waals surface area contributed by atoms with Crippen LogP contribution in [0.2, 0.25) is 0 Å². The van der Waals surface area contributed by atoms with Gasteiger partial charge in [0.05, 0.1) is 7.11 Å². The van der Waals surface area contributed by atoms with E-state index in [1.165, 1.54) is 19.2 Å². The van der Waals surface area contributed by atoms with Gasteiger partial charge >= 0.3 is 0 Å². The van der Waals surface area contributed by atoms with Crippen LogP contribution in [-0.4, -0.2) is 19.4 Å². The van der Waals surface area contributed by atoms with Crippen molar-refractivity contribution in [2.75, 3.05) is 13.7 Å². The molecule has 3 nitrogen and oxygen atoms in total. The Balaban J connectivity index is 2.70. The average Bonchev–Trinajstić information content (AvgIpc) is 2.41. The normalized spacial score (nSPS) is 13.0. The minimum Gasteiger partial charge on any atom is -0.494 e. The Hall–Kier alpha value is -1.42. The number of carbonyl (C=O) groups is 1. The van der Waals surface area contributed by atoms with Gasteiger partial charge in [-0.25, -0.2) is 4.39 Å². The van der Waals surface area contributed by atoms with Gasteiger partial charge in [-0.05, 0) is 48.9 Å². The highest BCUT2D eigenvalue weighted by atomic mass is 19.1. The first kappa shape index (κ1) is 17.6. The Morgan fingerprint density at radius 2 is 2.00 bits per heavy atom. The van der Waals surface area contributed by atoms with Gasteiger partial charge in [0, 0.05) is 12.0 Å². The highest BCUT2D eigenvalue weighted by Gasteiger charge is 2.24. The number of nitrogens with two attached hydrogens (primary N) is 1. The first-order valence-corrected chi connectivity index (χ1v) is 7.36. The van der Waals surface area contributed by atoms with Gasteiger partial charge < -0.3 is 10.5 Å². The molecule has 118 valence electrons. The summed E-state index contributed by atoms with van der Waals surface area (Å²) in [6.45, 7) is 7.09. The largest absolute Gasteiger partial charge is 0.494 e. The maximum Gasteiger partial charge on any atom is 0.165 e. The van der Waals surface area contributed by atoms with Crippen LogP contribution in [-0.2, 0) is 0 Å². The molecule has 2 N–H and O–H groups in total. The Morgan fingerprint density at radius 1 is 1.33 bits per heavy atom. The zero-order chi connectivity index (χ0) is 16.0. The van der Waals surface area contributed by atoms with E-state index in [-0.39, 0.29) is 16.9 Å². The molecular weight excluding hydrogens is 269 g/mol. The number of rotatable bonds is 7. The number of hydrogen-bond donors (Lipinski definition) is 1. The van der Waals surface area contributed by atoms with Gasteiger partial charge in [0.15, 0.2) is 17.3 Å². The van der Waals surface area contributed by atoms with E-state index >= 15 is 0 Å². The van der Waals surface area contributed by atoms with Crippen LogP contribution in [0.4, 0.5) is 4.39 Å². The fourth-order valence-corrected chi connectivity index (χ4v) is 2.50. The highest BCUT2D eigenvalue weighted by molar-refractivity contribution is 5.96. The van der Waals surface area contributed by atoms with Gasteiger partial charge in [-0.2, -0.15) is 0 Å². The number of carbonyl (C=O) groups excluding carboxylic acids is 1. The molecule has 0 bridgehead atoms. The second-order valence-electron chi connectivity index (χ2n) is 6.45. The van der Waals surface area contributed by atoms with Gasteiger partial charge in [0.2, 0.25) is 0 Å². The van der Waals surface area contributed by atoms with E-state index in [1.807, 2.05) is 0 Å². The van der Waals surface area contributed by atoms with E-state index in [0.717, 1.165) is 12.8 Å². The summed E-state index contributed by atoms with van der Waals surface area (Å²) in [5.41, 5.74) is 6.16. The first-order chi connectivity index (χ1) is 9.79. The number of methoxy groups -OCH3 is 1. The molecule has 0 aliphatic heterocycles. The van der Waals surface area contributed by atoms with Crippen molar-refractivity contribution in [3.05, 3.63) is 29.6 Å². The Labute approximate surface area is 126 Å². The lowest BCUT2D eigenvalue weighted by atomic mass is 9.76. The predicted molar refractivity (Wildman–Crippen MR) is 83.1 cm³/mol. The fourth-order valence-electron chi connectivity index (χ4n) is 2.50. The number of Topliss-reactive ketones (excluding diaryl/α,β-unsaturated/α-hetero) is 1. The molecule has 0 fully saturated rings. The lowest BCUT2D eigenvalue weighted by molar-refractivity contribution is 0.0957. The molecule has 0 aliphatic rings. The molecule has 4 heteroatoms. The molecule has 0 saturated carbocycles. The van der Waals surface area contributed by atoms with Gasteiger partial charge in [0.25, 0.3) is 0 Å². The van der Waals surface area contributed by atoms with Crippen LogP contribution in [0.1, 0.15) is 50.4 Å². The van der Waals surface area contributed by atoms with Crippen LogP contribution in [0.15, 0.2) is 18.2 Å². The van der Waals surface area contributed by atoms with Crippen molar-refractivity contribution in [3.63, 3.8) is 0 Å². The topological polar surface area (TPSA) is 52.3 Å². The summed E-state index contributed by atoms with van der Waals surface area (Å²) in [7, 11) is 1.40. The third kappa shape index (κ3) is 5.12. The molecule has 1 rings (SSSR count). The standard InChI is InChI=1S/C17H26FNO2/c1-17(2,3)13(9-10-19)6-7-15(20)12-5-8-16(21-4)14(18)11-12/h5,8,11,13H,6-7,9-10,19H2,1-4H3. The third-order valence-corrected chi connectivity index (χ3v) is 3.93. The van der Waals surface area contributed by atoms with Gasteiger partial charge in [-0.3, -0.25) is 4.79 Å². The van der Waals surface area contributed by atoms with Crippen molar-refractivity contribution in [1.82, 2.24) is 0 Å². The lowest BCUT2D eigenvalue weighted by Gasteiger charge is -2.30. The van der Waals surface area contributed by atoms with Crippen LogP contribution in [0.25, 0.3) is 0 Å². The zero-order valence-corrected chi connectivity index (χ0v) is 13.4. The van der Waals surface area contributed by atoms with Crippen LogP contribution in [0.3, 0.4) is 0 Å². The number of benzene rings is 1. The second-order valence-corrected chi connectivity index (χ2v) is 6.45. The quantitative estimate of drug-likeness (QED) is 0.778. The molecule has 1 aromatic rings. The van der Waals surface area contributed by atoms with Crippen molar-refractivity contribution in [2.24, 2.45) is 17.1 Å². The van der Waals surface area contributed by atoms with Crippen molar-refractivity contribution in [3.8, 4) is 5.75 Å². The molecule has 0 saturated heterocycles. The van der Waals surface area contributed by atoms with Crippen molar-refractivity contribution >= 4 is 5.78 Å². The minimum atomic E-state index is -0.502. The predicted octanol–water partition coefficient (Wildman–Crippen LogP) is 3.81. The number of hydrogen-bond acceptors (Lipinski definition) is 3. The second kappa shape index (κ2) is 7.55. The molecule has 1 atom stereocenters. The molecular formula is C17H26FNO2. The van der Waals surface area contributed by atoms with Crippen molar-refractivity contribution in [1.29, 1.82) is 0 Å². The van der Waals surface area contributed by atoms with E-state index in [0.29, 0.717) is 24.4 Å². The number of halogens is 1. The van der Waals surface area contributed by atoms with E-state index in [9.17, 15) is 9.18 Å². The van der Waals surface area contributed by atoms with Gasteiger partial charge in [-0.15, -0.1) is 0 Å². The molecule has 0 radical (unpaired) electrons. The van der Waals surface area contributed by atoms with Gasteiger partial charge in [0.1, 0.15) is 0 Å². The van der Waals surface area contributed by atoms with Crippen LogP contribution in [0, 0.1) is 17.2 Å². The Bertz CT molecular complexity index is 480. The maximum atomic E-state index is 13.6. The summed E-state index contributed by atoms with van der Waals surface area (Å²) >= 11 is 0. The molecule has 1 unspecified atom stereocenters. The first-order valence-electron chi connectivity index (χ1n) is 7.36. The minimum absolute atomic E-state index is 0.0391. The van der Waals surface area contributed by atoms with E-state index < -0.39 is 5.82 Å². The fraction of sp³-hybridized carbons (Fsp3) is 0.588. The van der Waals surface area contributed by atoms with Crippen LogP contribution >= 0.6 is 0 Å². The van der Waals surface area contributed by atoms with Crippen LogP contribution < -0.4 is 10.5 Å². The van der Waals surface area contributed by atoms with E-state index in [4.69, 9.17) is 10.5 Å². The molecule has 21 heavy (non-hydrogen) atoms. The SMILES string of the molecule is COc1ccc(C(=O)CCC(CCN)C(C)(C)C)cc1F. The average molecular weight is 295 g/mol. The Morgan fingerprint density at radius 3 is 2.48 bits per heavy atom. The molecule has 0 aliphatic carbocycles. The Kier molecular flexibility index (Phi) is 6.34. The third-order valence-electron chi connectivity index (χ3n) is 3.93. The number of ketones is 1. The summed E-state index contributed by atoms with van der Waals surface area (Å²) in [4.78, 5) is 12.2. The summed E-state index contributed by atoms with van der Waals surface area (Å²) in [5.74, 6) is -0.00250. The summed E-state index contributed by atoms with van der Waals surface area (Å²) < 4.78 is 18.5. The van der Waals surface area contributed by atoms with Crippen molar-refractivity contribution in [2.45, 2.75) is 40.0 Å². The number of ether oxygens (including phenoxy) is 1. The molecule has 1 aromatic carbocycles. The molecule has 0 aromatic heterocycles. The molecule has 0 amide bonds. The van der Waals surface area contributed by atoms with Crippen LogP contribution in [0.5, 0.6) is 5.75 Å². The van der Waals surface area contributed by atoms with E-state index in [1.54, 1.807) is 6.07 Å². The highest BCUT2D eigenvalue weighted by Crippen LogP contribution is 2.32. The molecule has 0 heterocycles. The van der Waals surface area contributed by atoms with Gasteiger partial charge in [-0.1, -0.05) is 20.8 Å². The van der Waals surface area contributed by atoms with E-state index in [2.05, 4.69) is 20.8 Å². The smallest absolute Gasteiger partial charge is 0.165 e. The summed E-state index contributed by atoms with van der Waals surface area (Å²) in [6.07, 6.45) is 2.08. The zero-order valence-electron chi connectivity index (χ0n) is 13.4. The maximum absolute atomic E-state index is 13.6.